The number of hydrogen-bond acceptors (Lipinski definition) is 2. The number of hydrogen-bond donors (Lipinski definition) is 1. The molecule has 1 unspecified atom stereocenters. The van der Waals surface area contributed by atoms with Crippen molar-refractivity contribution in [3.8, 4) is 5.75 Å². The van der Waals surface area contributed by atoms with E-state index < -0.39 is 0 Å². The molecule has 1 atom stereocenters. The number of rotatable bonds is 6. The van der Waals surface area contributed by atoms with Gasteiger partial charge in [0, 0.05) is 12.3 Å². The van der Waals surface area contributed by atoms with Crippen molar-refractivity contribution in [3.05, 3.63) is 65.7 Å². The Bertz CT molecular complexity index is 549. The van der Waals surface area contributed by atoms with Crippen molar-refractivity contribution in [3.63, 3.8) is 0 Å². The molecule has 0 aliphatic rings. The molecule has 2 rings (SSSR count). The quantitative estimate of drug-likeness (QED) is 0.876. The second kappa shape index (κ2) is 6.75. The van der Waals surface area contributed by atoms with E-state index >= 15 is 0 Å². The van der Waals surface area contributed by atoms with Crippen LogP contribution in [0.5, 0.6) is 5.75 Å². The molecule has 0 fully saturated rings. The predicted molar refractivity (Wildman–Crippen MR) is 79.7 cm³/mol. The van der Waals surface area contributed by atoms with Gasteiger partial charge in [-0.15, -0.1) is 0 Å². The van der Waals surface area contributed by atoms with Crippen molar-refractivity contribution in [2.45, 2.75) is 18.8 Å². The molecule has 1 amide bonds. The van der Waals surface area contributed by atoms with Gasteiger partial charge in [-0.25, -0.2) is 0 Å². The van der Waals surface area contributed by atoms with Gasteiger partial charge in [0.1, 0.15) is 5.75 Å². The predicted octanol–water partition coefficient (Wildman–Crippen LogP) is 3.09. The molecule has 104 valence electrons. The third-order valence-corrected chi connectivity index (χ3v) is 3.40. The summed E-state index contributed by atoms with van der Waals surface area (Å²) in [7, 11) is 1.65. The highest BCUT2D eigenvalue weighted by Gasteiger charge is 2.15. The first-order chi connectivity index (χ1) is 9.70. The molecule has 0 aliphatic carbocycles. The van der Waals surface area contributed by atoms with Gasteiger partial charge in [-0.2, -0.15) is 0 Å². The summed E-state index contributed by atoms with van der Waals surface area (Å²) < 4.78 is 5.18. The number of amides is 1. The number of carbonyl (C=O) groups is 1. The molecule has 0 saturated heterocycles. The third kappa shape index (κ3) is 3.60. The van der Waals surface area contributed by atoms with E-state index in [0.717, 1.165) is 5.75 Å². The van der Waals surface area contributed by atoms with Crippen LogP contribution in [-0.4, -0.2) is 13.0 Å². The van der Waals surface area contributed by atoms with Crippen LogP contribution in [0.1, 0.15) is 29.9 Å². The van der Waals surface area contributed by atoms with Crippen LogP contribution >= 0.6 is 0 Å². The monoisotopic (exact) mass is 269 g/mol. The molecule has 0 spiro atoms. The summed E-state index contributed by atoms with van der Waals surface area (Å²) in [6, 6.07) is 18.1. The summed E-state index contributed by atoms with van der Waals surface area (Å²) >= 11 is 0. The molecule has 20 heavy (non-hydrogen) atoms. The van der Waals surface area contributed by atoms with Crippen LogP contribution < -0.4 is 10.5 Å². The van der Waals surface area contributed by atoms with Crippen molar-refractivity contribution in [1.29, 1.82) is 0 Å². The van der Waals surface area contributed by atoms with E-state index in [2.05, 4.69) is 12.1 Å². The number of carbonyl (C=O) groups excluding carboxylic acids is 1. The minimum absolute atomic E-state index is 0.176. The Labute approximate surface area is 119 Å². The van der Waals surface area contributed by atoms with E-state index in [1.54, 1.807) is 7.11 Å². The molecule has 3 heteroatoms. The van der Waals surface area contributed by atoms with Crippen LogP contribution in [0.4, 0.5) is 0 Å². The molecule has 2 aromatic carbocycles. The van der Waals surface area contributed by atoms with Gasteiger partial charge in [-0.1, -0.05) is 42.5 Å². The number of nitrogens with two attached hydrogens (primary N) is 1. The minimum Gasteiger partial charge on any atom is -0.497 e. The summed E-state index contributed by atoms with van der Waals surface area (Å²) in [5, 5.41) is 0. The lowest BCUT2D eigenvalue weighted by Gasteiger charge is -2.17. The van der Waals surface area contributed by atoms with Gasteiger partial charge in [-0.05, 0) is 29.7 Å². The summed E-state index contributed by atoms with van der Waals surface area (Å²) in [5.41, 5.74) is 7.64. The van der Waals surface area contributed by atoms with E-state index in [1.807, 2.05) is 42.5 Å². The fourth-order valence-corrected chi connectivity index (χ4v) is 2.33. The molecule has 2 N–H and O–H groups in total. The van der Waals surface area contributed by atoms with Crippen molar-refractivity contribution < 1.29 is 9.53 Å². The molecule has 3 nitrogen and oxygen atoms in total. The average molecular weight is 269 g/mol. The zero-order valence-corrected chi connectivity index (χ0v) is 11.6. The van der Waals surface area contributed by atoms with Crippen molar-refractivity contribution in [1.82, 2.24) is 0 Å². The molecule has 0 saturated carbocycles. The number of ether oxygens (including phenoxy) is 1. The average Bonchev–Trinajstić information content (AvgIpc) is 2.49. The smallest absolute Gasteiger partial charge is 0.217 e. The van der Waals surface area contributed by atoms with Gasteiger partial charge in [0.15, 0.2) is 0 Å². The molecule has 0 heterocycles. The SMILES string of the molecule is COc1ccc(C(CCC(N)=O)c2ccccc2)cc1. The van der Waals surface area contributed by atoms with E-state index in [1.165, 1.54) is 11.1 Å². The lowest BCUT2D eigenvalue weighted by Crippen LogP contribution is -2.12. The minimum atomic E-state index is -0.264. The maximum absolute atomic E-state index is 11.1. The Hall–Kier alpha value is -2.29. The van der Waals surface area contributed by atoms with Crippen LogP contribution in [-0.2, 0) is 4.79 Å². The number of benzene rings is 2. The van der Waals surface area contributed by atoms with Gasteiger partial charge in [0.05, 0.1) is 7.11 Å². The zero-order chi connectivity index (χ0) is 14.4. The van der Waals surface area contributed by atoms with Gasteiger partial charge in [0.25, 0.3) is 0 Å². The van der Waals surface area contributed by atoms with E-state index in [-0.39, 0.29) is 11.8 Å². The molecule has 2 aromatic rings. The molecular weight excluding hydrogens is 250 g/mol. The van der Waals surface area contributed by atoms with Gasteiger partial charge in [-0.3, -0.25) is 4.79 Å². The highest BCUT2D eigenvalue weighted by molar-refractivity contribution is 5.73. The van der Waals surface area contributed by atoms with Crippen LogP contribution in [0, 0.1) is 0 Å². The zero-order valence-electron chi connectivity index (χ0n) is 11.6. The molecule has 0 aliphatic heterocycles. The summed E-state index contributed by atoms with van der Waals surface area (Å²) in [6.07, 6.45) is 1.09. The van der Waals surface area contributed by atoms with Crippen molar-refractivity contribution in [2.75, 3.05) is 7.11 Å². The fourth-order valence-electron chi connectivity index (χ4n) is 2.33. The highest BCUT2D eigenvalue weighted by atomic mass is 16.5. The second-order valence-corrected chi connectivity index (χ2v) is 4.74. The van der Waals surface area contributed by atoms with Gasteiger partial charge < -0.3 is 10.5 Å². The Balaban J connectivity index is 2.27. The molecular formula is C17H19NO2. The summed E-state index contributed by atoms with van der Waals surface area (Å²) in [4.78, 5) is 11.1. The Kier molecular flexibility index (Phi) is 4.77. The lowest BCUT2D eigenvalue weighted by molar-refractivity contribution is -0.118. The second-order valence-electron chi connectivity index (χ2n) is 4.74. The maximum Gasteiger partial charge on any atom is 0.217 e. The van der Waals surface area contributed by atoms with Gasteiger partial charge >= 0.3 is 0 Å². The van der Waals surface area contributed by atoms with Gasteiger partial charge in [0.2, 0.25) is 5.91 Å². The number of methoxy groups -OCH3 is 1. The maximum atomic E-state index is 11.1. The Morgan fingerprint density at radius 3 is 2.20 bits per heavy atom. The van der Waals surface area contributed by atoms with Crippen LogP contribution in [0.3, 0.4) is 0 Å². The number of primary amides is 1. The Morgan fingerprint density at radius 1 is 1.05 bits per heavy atom. The first-order valence-electron chi connectivity index (χ1n) is 6.68. The highest BCUT2D eigenvalue weighted by Crippen LogP contribution is 2.30. The molecule has 0 bridgehead atoms. The molecule has 0 aromatic heterocycles. The summed E-state index contributed by atoms with van der Waals surface area (Å²) in [5.74, 6) is 0.740. The largest absolute Gasteiger partial charge is 0.497 e. The van der Waals surface area contributed by atoms with E-state index in [4.69, 9.17) is 10.5 Å². The lowest BCUT2D eigenvalue weighted by atomic mass is 9.87. The van der Waals surface area contributed by atoms with Crippen LogP contribution in [0.25, 0.3) is 0 Å². The van der Waals surface area contributed by atoms with E-state index in [9.17, 15) is 4.79 Å². The first-order valence-corrected chi connectivity index (χ1v) is 6.68. The standard InChI is InChI=1S/C17H19NO2/c1-20-15-9-7-14(8-10-15)16(11-12-17(18)19)13-5-3-2-4-6-13/h2-10,16H,11-12H2,1H3,(H2,18,19). The topological polar surface area (TPSA) is 52.3 Å². The first kappa shape index (κ1) is 14.1. The third-order valence-electron chi connectivity index (χ3n) is 3.40. The van der Waals surface area contributed by atoms with Crippen LogP contribution in [0.15, 0.2) is 54.6 Å². The summed E-state index contributed by atoms with van der Waals surface area (Å²) in [6.45, 7) is 0. The normalized spacial score (nSPS) is 11.8. The van der Waals surface area contributed by atoms with Crippen molar-refractivity contribution in [2.24, 2.45) is 5.73 Å². The fraction of sp³-hybridized carbons (Fsp3) is 0.235. The van der Waals surface area contributed by atoms with Crippen molar-refractivity contribution >= 4 is 5.91 Å². The Morgan fingerprint density at radius 2 is 1.65 bits per heavy atom. The van der Waals surface area contributed by atoms with E-state index in [0.29, 0.717) is 12.8 Å². The van der Waals surface area contributed by atoms with Crippen LogP contribution in [0.2, 0.25) is 0 Å². The molecule has 0 radical (unpaired) electrons.